The van der Waals surface area contributed by atoms with Gasteiger partial charge >= 0.3 is 10.2 Å². The van der Waals surface area contributed by atoms with Crippen molar-refractivity contribution in [3.8, 4) is 0 Å². The van der Waals surface area contributed by atoms with Crippen LogP contribution in [-0.4, -0.2) is 34.2 Å². The van der Waals surface area contributed by atoms with Crippen LogP contribution in [0.3, 0.4) is 0 Å². The highest BCUT2D eigenvalue weighted by atomic mass is 32.3. The maximum absolute atomic E-state index is 12.8. The van der Waals surface area contributed by atoms with Crippen molar-refractivity contribution in [2.75, 3.05) is 7.05 Å². The average molecular weight is 337 g/mol. The number of rotatable bonds is 4. The molecule has 0 N–H and O–H groups in total. The number of sulfonamides is 1. The summed E-state index contributed by atoms with van der Waals surface area (Å²) in [6.07, 6.45) is 0. The van der Waals surface area contributed by atoms with Crippen molar-refractivity contribution in [2.24, 2.45) is 5.41 Å². The van der Waals surface area contributed by atoms with Crippen molar-refractivity contribution < 1.29 is 20.7 Å². The minimum atomic E-state index is -4.83. The van der Waals surface area contributed by atoms with Crippen molar-refractivity contribution in [2.45, 2.75) is 43.5 Å². The van der Waals surface area contributed by atoms with Crippen LogP contribution in [0.5, 0.6) is 0 Å². The van der Waals surface area contributed by atoms with Gasteiger partial charge < -0.3 is 0 Å². The summed E-state index contributed by atoms with van der Waals surface area (Å²) in [4.78, 5) is -0.638. The van der Waals surface area contributed by atoms with Crippen LogP contribution in [0.25, 0.3) is 0 Å². The van der Waals surface area contributed by atoms with Crippen molar-refractivity contribution in [3.05, 3.63) is 24.3 Å². The van der Waals surface area contributed by atoms with Gasteiger partial charge in [0, 0.05) is 13.1 Å². The molecule has 0 bridgehead atoms. The summed E-state index contributed by atoms with van der Waals surface area (Å²) in [6, 6.07) is 3.80. The molecule has 1 unspecified atom stereocenters. The summed E-state index contributed by atoms with van der Waals surface area (Å²) in [5.41, 5.74) is -0.260. The third-order valence-corrected chi connectivity index (χ3v) is 6.36. The fourth-order valence-electron chi connectivity index (χ4n) is 1.69. The molecule has 120 valence electrons. The molecular formula is C13H20FNO4S2. The van der Waals surface area contributed by atoms with Gasteiger partial charge in [-0.1, -0.05) is 20.8 Å². The minimum absolute atomic E-state index is 0.0755. The number of hydrogen-bond acceptors (Lipinski definition) is 4. The van der Waals surface area contributed by atoms with Crippen LogP contribution in [0.4, 0.5) is 3.89 Å². The number of benzene rings is 1. The maximum atomic E-state index is 12.8. The second-order valence-electron chi connectivity index (χ2n) is 5.97. The molecule has 0 radical (unpaired) electrons. The summed E-state index contributed by atoms with van der Waals surface area (Å²) in [5.74, 6) is 0. The Hall–Kier alpha value is -0.990. The van der Waals surface area contributed by atoms with Gasteiger partial charge in [0.25, 0.3) is 0 Å². The first-order valence-electron chi connectivity index (χ1n) is 6.30. The van der Waals surface area contributed by atoms with Crippen molar-refractivity contribution in [1.82, 2.24) is 4.31 Å². The van der Waals surface area contributed by atoms with Gasteiger partial charge in [0.05, 0.1) is 9.79 Å². The molecule has 0 aliphatic carbocycles. The molecule has 1 rings (SSSR count). The van der Waals surface area contributed by atoms with Gasteiger partial charge in [-0.2, -0.15) is 12.7 Å². The van der Waals surface area contributed by atoms with E-state index in [1.165, 1.54) is 11.4 Å². The van der Waals surface area contributed by atoms with E-state index in [-0.39, 0.29) is 16.4 Å². The largest absolute Gasteiger partial charge is 0.332 e. The Bertz CT molecular complexity index is 704. The SMILES string of the molecule is CC(N(C)S(=O)(=O)c1ccc(S(=O)(=O)F)cc1)C(C)(C)C. The Morgan fingerprint density at radius 1 is 1.00 bits per heavy atom. The highest BCUT2D eigenvalue weighted by molar-refractivity contribution is 7.89. The molecule has 0 aliphatic rings. The molecule has 1 atom stereocenters. The summed E-state index contributed by atoms with van der Waals surface area (Å²) >= 11 is 0. The van der Waals surface area contributed by atoms with E-state index in [9.17, 15) is 20.7 Å². The van der Waals surface area contributed by atoms with Crippen molar-refractivity contribution >= 4 is 20.2 Å². The topological polar surface area (TPSA) is 71.5 Å². The molecule has 0 amide bonds. The summed E-state index contributed by atoms with van der Waals surface area (Å²) in [5, 5.41) is 0. The normalized spacial score (nSPS) is 15.2. The van der Waals surface area contributed by atoms with Crippen molar-refractivity contribution in [3.63, 3.8) is 0 Å². The zero-order valence-corrected chi connectivity index (χ0v) is 14.3. The van der Waals surface area contributed by atoms with Gasteiger partial charge in [0.15, 0.2) is 0 Å². The van der Waals surface area contributed by atoms with Gasteiger partial charge in [0.2, 0.25) is 10.0 Å². The Morgan fingerprint density at radius 3 is 1.71 bits per heavy atom. The van der Waals surface area contributed by atoms with Crippen LogP contribution in [0.1, 0.15) is 27.7 Å². The van der Waals surface area contributed by atoms with Crippen LogP contribution in [0, 0.1) is 5.41 Å². The van der Waals surface area contributed by atoms with Crippen molar-refractivity contribution in [1.29, 1.82) is 0 Å². The molecule has 0 aliphatic heterocycles. The van der Waals surface area contributed by atoms with Gasteiger partial charge in [-0.15, -0.1) is 3.89 Å². The number of hydrogen-bond donors (Lipinski definition) is 0. The summed E-state index contributed by atoms with van der Waals surface area (Å²) in [7, 11) is -7.14. The Morgan fingerprint density at radius 2 is 1.38 bits per heavy atom. The highest BCUT2D eigenvalue weighted by Crippen LogP contribution is 2.28. The monoisotopic (exact) mass is 337 g/mol. The van der Waals surface area contributed by atoms with E-state index in [2.05, 4.69) is 0 Å². The summed E-state index contributed by atoms with van der Waals surface area (Å²) < 4.78 is 60.4. The smallest absolute Gasteiger partial charge is 0.207 e. The lowest BCUT2D eigenvalue weighted by atomic mass is 9.88. The fraction of sp³-hybridized carbons (Fsp3) is 0.538. The molecule has 0 heterocycles. The van der Waals surface area contributed by atoms with E-state index in [0.29, 0.717) is 0 Å². The van der Waals surface area contributed by atoms with E-state index in [1.54, 1.807) is 6.92 Å². The Labute approximate surface area is 126 Å². The number of halogens is 1. The first-order valence-corrected chi connectivity index (χ1v) is 9.13. The lowest BCUT2D eigenvalue weighted by molar-refractivity contribution is 0.216. The van der Waals surface area contributed by atoms with E-state index < -0.39 is 25.1 Å². The van der Waals surface area contributed by atoms with E-state index in [0.717, 1.165) is 24.3 Å². The van der Waals surface area contributed by atoms with Crippen LogP contribution >= 0.6 is 0 Å². The molecule has 5 nitrogen and oxygen atoms in total. The quantitative estimate of drug-likeness (QED) is 0.791. The van der Waals surface area contributed by atoms with E-state index in [1.807, 2.05) is 20.8 Å². The predicted octanol–water partition coefficient (Wildman–Crippen LogP) is 2.40. The maximum Gasteiger partial charge on any atom is 0.332 e. The standard InChI is InChI=1S/C13H20FNO4S2/c1-10(13(2,3)4)15(5)21(18,19)12-8-6-11(7-9-12)20(14,16)17/h6-10H,1-5H3. The molecule has 0 saturated carbocycles. The molecule has 21 heavy (non-hydrogen) atoms. The third-order valence-electron chi connectivity index (χ3n) is 3.58. The molecule has 0 spiro atoms. The Kier molecular flexibility index (Phi) is 4.87. The fourth-order valence-corrected chi connectivity index (χ4v) is 3.70. The van der Waals surface area contributed by atoms with Crippen LogP contribution in [-0.2, 0) is 20.2 Å². The molecule has 0 fully saturated rings. The molecule has 0 saturated heterocycles. The Balaban J connectivity index is 3.20. The van der Waals surface area contributed by atoms with Gasteiger partial charge in [-0.05, 0) is 36.6 Å². The van der Waals surface area contributed by atoms with Gasteiger partial charge in [-0.25, -0.2) is 8.42 Å². The summed E-state index contributed by atoms with van der Waals surface area (Å²) in [6.45, 7) is 7.55. The zero-order valence-electron chi connectivity index (χ0n) is 12.7. The lowest BCUT2D eigenvalue weighted by Crippen LogP contribution is -2.42. The van der Waals surface area contributed by atoms with Crippen LogP contribution in [0.2, 0.25) is 0 Å². The van der Waals surface area contributed by atoms with Crippen LogP contribution < -0.4 is 0 Å². The van der Waals surface area contributed by atoms with Gasteiger partial charge in [-0.3, -0.25) is 0 Å². The predicted molar refractivity (Wildman–Crippen MR) is 78.6 cm³/mol. The molecule has 0 aromatic heterocycles. The lowest BCUT2D eigenvalue weighted by Gasteiger charge is -2.34. The highest BCUT2D eigenvalue weighted by Gasteiger charge is 2.32. The second kappa shape index (κ2) is 5.66. The number of nitrogens with zero attached hydrogens (tertiary/aromatic N) is 1. The molecular weight excluding hydrogens is 317 g/mol. The molecule has 1 aromatic rings. The average Bonchev–Trinajstić information content (AvgIpc) is 2.35. The van der Waals surface area contributed by atoms with Crippen LogP contribution in [0.15, 0.2) is 34.1 Å². The second-order valence-corrected chi connectivity index (χ2v) is 9.32. The molecule has 8 heteroatoms. The minimum Gasteiger partial charge on any atom is -0.207 e. The molecule has 1 aromatic carbocycles. The first-order chi connectivity index (χ1) is 9.28. The zero-order chi connectivity index (χ0) is 16.6. The van der Waals surface area contributed by atoms with Gasteiger partial charge in [0.1, 0.15) is 0 Å². The van der Waals surface area contributed by atoms with E-state index >= 15 is 0 Å². The first kappa shape index (κ1) is 18.1. The van der Waals surface area contributed by atoms with E-state index in [4.69, 9.17) is 0 Å². The third kappa shape index (κ3) is 4.02.